The van der Waals surface area contributed by atoms with Crippen molar-refractivity contribution in [2.45, 2.75) is 39.0 Å². The molecular formula is C18H28NO3P. The van der Waals surface area contributed by atoms with Gasteiger partial charge in [-0.05, 0) is 29.9 Å². The van der Waals surface area contributed by atoms with Crippen LogP contribution in [0.25, 0.3) is 0 Å². The predicted molar refractivity (Wildman–Crippen MR) is 94.4 cm³/mol. The second kappa shape index (κ2) is 8.25. The van der Waals surface area contributed by atoms with Crippen LogP contribution in [0.5, 0.6) is 0 Å². The van der Waals surface area contributed by atoms with E-state index in [0.29, 0.717) is 5.92 Å². The fraction of sp³-hybridized carbons (Fsp3) is 0.556. The zero-order valence-corrected chi connectivity index (χ0v) is 15.5. The minimum Gasteiger partial charge on any atom is -0.311 e. The number of nitrogens with zero attached hydrogens (tertiary/aromatic N) is 1. The lowest BCUT2D eigenvalue weighted by molar-refractivity contribution is 0.217. The molecule has 0 N–H and O–H groups in total. The van der Waals surface area contributed by atoms with E-state index in [2.05, 4.69) is 37.0 Å². The first-order valence-corrected chi connectivity index (χ1v) is 9.79. The van der Waals surface area contributed by atoms with E-state index < -0.39 is 7.60 Å². The van der Waals surface area contributed by atoms with E-state index in [1.807, 2.05) is 18.2 Å². The molecule has 0 fully saturated rings. The summed E-state index contributed by atoms with van der Waals surface area (Å²) in [5.41, 5.74) is 2.39. The highest BCUT2D eigenvalue weighted by molar-refractivity contribution is 7.54. The normalized spacial score (nSPS) is 19.3. The van der Waals surface area contributed by atoms with Gasteiger partial charge in [-0.25, -0.2) is 0 Å². The first-order chi connectivity index (χ1) is 11.0. The monoisotopic (exact) mass is 337 g/mol. The summed E-state index contributed by atoms with van der Waals surface area (Å²) in [7, 11) is -0.229. The highest BCUT2D eigenvalue weighted by Crippen LogP contribution is 2.57. The van der Waals surface area contributed by atoms with Crippen molar-refractivity contribution in [2.24, 2.45) is 5.92 Å². The van der Waals surface area contributed by atoms with Crippen LogP contribution < -0.4 is 0 Å². The molecule has 128 valence electrons. The molecule has 0 radical (unpaired) electrons. The van der Waals surface area contributed by atoms with Crippen molar-refractivity contribution < 1.29 is 13.6 Å². The topological polar surface area (TPSA) is 38.8 Å². The second-order valence-electron chi connectivity index (χ2n) is 6.41. The third kappa shape index (κ3) is 4.54. The van der Waals surface area contributed by atoms with Gasteiger partial charge >= 0.3 is 7.60 Å². The summed E-state index contributed by atoms with van der Waals surface area (Å²) < 4.78 is 23.7. The standard InChI is InChI=1S/C18H28NO3P/c1-15(2)10-11-17-12-13-19(14-16-8-6-5-7-9-16)18(17)23(20,21-3)22-4/h5-9,12,15,18H,10-11,13-14H2,1-4H3. The molecule has 1 atom stereocenters. The van der Waals surface area contributed by atoms with E-state index in [1.165, 1.54) is 25.4 Å². The van der Waals surface area contributed by atoms with Gasteiger partial charge in [0.05, 0.1) is 0 Å². The number of rotatable bonds is 8. The Bertz CT molecular complexity index is 563. The predicted octanol–water partition coefficient (Wildman–Crippen LogP) is 4.68. The highest BCUT2D eigenvalue weighted by Gasteiger charge is 2.43. The molecule has 1 aliphatic rings. The van der Waals surface area contributed by atoms with E-state index in [9.17, 15) is 4.57 Å². The molecule has 5 heteroatoms. The fourth-order valence-corrected chi connectivity index (χ4v) is 4.77. The summed E-state index contributed by atoms with van der Waals surface area (Å²) in [6, 6.07) is 10.2. The van der Waals surface area contributed by atoms with Crippen LogP contribution in [0.4, 0.5) is 0 Å². The van der Waals surface area contributed by atoms with Gasteiger partial charge in [-0.2, -0.15) is 0 Å². The van der Waals surface area contributed by atoms with E-state index in [1.54, 1.807) is 0 Å². The third-order valence-corrected chi connectivity index (χ3v) is 6.59. The van der Waals surface area contributed by atoms with E-state index in [4.69, 9.17) is 9.05 Å². The lowest BCUT2D eigenvalue weighted by Gasteiger charge is -2.31. The SMILES string of the molecule is COP(=O)(OC)C1C(CCC(C)C)=CCN1Cc1ccccc1. The maximum atomic E-state index is 13.1. The molecule has 0 saturated heterocycles. The van der Waals surface area contributed by atoms with Crippen LogP contribution in [0.3, 0.4) is 0 Å². The molecule has 0 spiro atoms. The van der Waals surface area contributed by atoms with Crippen molar-refractivity contribution in [1.29, 1.82) is 0 Å². The Kier molecular flexibility index (Phi) is 6.60. The Hall–Kier alpha value is -0.930. The molecule has 0 amide bonds. The first kappa shape index (κ1) is 18.4. The summed E-state index contributed by atoms with van der Waals surface area (Å²) in [5.74, 6) is 0.334. The van der Waals surface area contributed by atoms with Gasteiger partial charge in [-0.1, -0.05) is 50.3 Å². The van der Waals surface area contributed by atoms with Gasteiger partial charge < -0.3 is 9.05 Å². The van der Waals surface area contributed by atoms with Gasteiger partial charge in [0.15, 0.2) is 0 Å². The van der Waals surface area contributed by atoms with Gasteiger partial charge in [-0.15, -0.1) is 0 Å². The Morgan fingerprint density at radius 3 is 2.43 bits per heavy atom. The summed E-state index contributed by atoms with van der Waals surface area (Å²) in [5, 5.41) is 0. The number of hydrogen-bond acceptors (Lipinski definition) is 4. The molecule has 23 heavy (non-hydrogen) atoms. The maximum absolute atomic E-state index is 13.1. The van der Waals surface area contributed by atoms with Gasteiger partial charge in [0.1, 0.15) is 5.78 Å². The van der Waals surface area contributed by atoms with Crippen LogP contribution >= 0.6 is 7.60 Å². The van der Waals surface area contributed by atoms with E-state index in [0.717, 1.165) is 25.9 Å². The molecule has 0 aromatic heterocycles. The van der Waals surface area contributed by atoms with Crippen LogP contribution in [-0.4, -0.2) is 31.4 Å². The minimum atomic E-state index is -3.18. The quantitative estimate of drug-likeness (QED) is 0.510. The first-order valence-electron chi connectivity index (χ1n) is 8.18. The molecule has 1 heterocycles. The van der Waals surface area contributed by atoms with Crippen molar-refractivity contribution in [2.75, 3.05) is 20.8 Å². The summed E-state index contributed by atoms with van der Waals surface area (Å²) in [6.45, 7) is 5.94. The Morgan fingerprint density at radius 1 is 1.22 bits per heavy atom. The maximum Gasteiger partial charge on any atom is 0.351 e. The summed E-state index contributed by atoms with van der Waals surface area (Å²) >= 11 is 0. The molecule has 1 unspecified atom stereocenters. The number of hydrogen-bond donors (Lipinski definition) is 0. The molecule has 0 aliphatic carbocycles. The van der Waals surface area contributed by atoms with Crippen molar-refractivity contribution >= 4 is 7.60 Å². The highest BCUT2D eigenvalue weighted by atomic mass is 31.2. The Balaban J connectivity index is 2.20. The largest absolute Gasteiger partial charge is 0.351 e. The molecule has 0 bridgehead atoms. The molecule has 0 saturated carbocycles. The van der Waals surface area contributed by atoms with Crippen molar-refractivity contribution in [3.8, 4) is 0 Å². The zero-order chi connectivity index (χ0) is 16.9. The molecule has 4 nitrogen and oxygen atoms in total. The van der Waals surface area contributed by atoms with Crippen LogP contribution in [0, 0.1) is 5.92 Å². The summed E-state index contributed by atoms with van der Waals surface area (Å²) in [6.07, 6.45) is 4.21. The average molecular weight is 337 g/mol. The van der Waals surface area contributed by atoms with Gasteiger partial charge in [0.2, 0.25) is 0 Å². The summed E-state index contributed by atoms with van der Waals surface area (Å²) in [4.78, 5) is 2.19. The van der Waals surface area contributed by atoms with Crippen LogP contribution in [0.1, 0.15) is 32.3 Å². The lowest BCUT2D eigenvalue weighted by Crippen LogP contribution is -2.32. The van der Waals surface area contributed by atoms with Gasteiger partial charge in [0, 0.05) is 27.3 Å². The van der Waals surface area contributed by atoms with Gasteiger partial charge in [-0.3, -0.25) is 9.46 Å². The van der Waals surface area contributed by atoms with E-state index >= 15 is 0 Å². The second-order valence-corrected chi connectivity index (χ2v) is 8.70. The van der Waals surface area contributed by atoms with Crippen LogP contribution in [-0.2, 0) is 20.2 Å². The smallest absolute Gasteiger partial charge is 0.311 e. The van der Waals surface area contributed by atoms with Crippen LogP contribution in [0.2, 0.25) is 0 Å². The minimum absolute atomic E-state index is 0.281. The van der Waals surface area contributed by atoms with E-state index in [-0.39, 0.29) is 5.78 Å². The van der Waals surface area contributed by atoms with Crippen molar-refractivity contribution in [3.63, 3.8) is 0 Å². The average Bonchev–Trinajstić information content (AvgIpc) is 2.96. The fourth-order valence-electron chi connectivity index (χ4n) is 3.01. The van der Waals surface area contributed by atoms with Crippen molar-refractivity contribution in [3.05, 3.63) is 47.5 Å². The van der Waals surface area contributed by atoms with Gasteiger partial charge in [0.25, 0.3) is 0 Å². The number of benzene rings is 1. The molecule has 1 aromatic rings. The zero-order valence-electron chi connectivity index (χ0n) is 14.6. The molecular weight excluding hydrogens is 309 g/mol. The Labute approximate surface area is 140 Å². The molecule has 1 aliphatic heterocycles. The van der Waals surface area contributed by atoms with Crippen LogP contribution in [0.15, 0.2) is 42.0 Å². The lowest BCUT2D eigenvalue weighted by atomic mass is 10.0. The molecule has 1 aromatic carbocycles. The molecule has 2 rings (SSSR count). The third-order valence-electron chi connectivity index (χ3n) is 4.31. The Morgan fingerprint density at radius 2 is 1.87 bits per heavy atom. The van der Waals surface area contributed by atoms with Crippen molar-refractivity contribution in [1.82, 2.24) is 4.90 Å².